The van der Waals surface area contributed by atoms with Crippen molar-refractivity contribution in [3.63, 3.8) is 0 Å². The second-order valence-electron chi connectivity index (χ2n) is 9.10. The van der Waals surface area contributed by atoms with Crippen LogP contribution in [0.15, 0.2) is 65.9 Å². The van der Waals surface area contributed by atoms with E-state index in [1.165, 1.54) is 5.56 Å². The molecule has 0 bridgehead atoms. The first-order valence-corrected chi connectivity index (χ1v) is 13.7. The van der Waals surface area contributed by atoms with Crippen molar-refractivity contribution >= 4 is 25.3 Å². The van der Waals surface area contributed by atoms with Crippen molar-refractivity contribution in [1.29, 1.82) is 0 Å². The molecule has 0 saturated heterocycles. The summed E-state index contributed by atoms with van der Waals surface area (Å²) < 4.78 is 13.3. The van der Waals surface area contributed by atoms with Crippen LogP contribution in [-0.4, -0.2) is 31.7 Å². The van der Waals surface area contributed by atoms with Crippen LogP contribution in [0.3, 0.4) is 0 Å². The molecule has 0 radical (unpaired) electrons. The number of aromatic nitrogens is 2. The predicted molar refractivity (Wildman–Crippen MR) is 137 cm³/mol. The van der Waals surface area contributed by atoms with E-state index in [4.69, 9.17) is 0 Å². The van der Waals surface area contributed by atoms with E-state index in [9.17, 15) is 14.4 Å². The van der Waals surface area contributed by atoms with E-state index in [0.717, 1.165) is 48.6 Å². The van der Waals surface area contributed by atoms with E-state index in [0.29, 0.717) is 5.92 Å². The van der Waals surface area contributed by atoms with E-state index in [2.05, 4.69) is 46.5 Å². The monoisotopic (exact) mass is 480 g/mol. The second-order valence-corrected chi connectivity index (χ2v) is 10.8. The minimum atomic E-state index is -3.93. The lowest BCUT2D eigenvalue weighted by Crippen LogP contribution is -2.16. The zero-order valence-electron chi connectivity index (χ0n) is 19.7. The molecular weight excluding hydrogens is 447 g/mol. The molecule has 4 rings (SSSR count). The highest BCUT2D eigenvalue weighted by molar-refractivity contribution is 7.51. The van der Waals surface area contributed by atoms with Crippen molar-refractivity contribution in [1.82, 2.24) is 9.55 Å². The van der Waals surface area contributed by atoms with Gasteiger partial charge in [-0.25, -0.2) is 9.98 Å². The van der Waals surface area contributed by atoms with Crippen molar-refractivity contribution in [2.45, 2.75) is 51.5 Å². The average molecular weight is 481 g/mol. The fourth-order valence-corrected chi connectivity index (χ4v) is 5.91. The number of rotatable bonds is 8. The van der Waals surface area contributed by atoms with Crippen molar-refractivity contribution in [3.05, 3.63) is 72.2 Å². The predicted octanol–water partition coefficient (Wildman–Crippen LogP) is 6.22. The van der Waals surface area contributed by atoms with Crippen LogP contribution in [0.25, 0.3) is 5.69 Å². The molecule has 3 aromatic rings. The molecule has 3 N–H and O–H groups in total. The highest BCUT2D eigenvalue weighted by Crippen LogP contribution is 2.44. The van der Waals surface area contributed by atoms with Crippen LogP contribution in [0.5, 0.6) is 0 Å². The Morgan fingerprint density at radius 3 is 2.41 bits per heavy atom. The van der Waals surface area contributed by atoms with E-state index in [-0.39, 0.29) is 18.1 Å². The topological polar surface area (TPSA) is 99.7 Å². The molecule has 180 valence electrons. The fraction of sp³-hybridized carbons (Fsp3) is 0.385. The molecule has 1 heterocycles. The van der Waals surface area contributed by atoms with E-state index in [1.807, 2.05) is 48.1 Å². The van der Waals surface area contributed by atoms with E-state index in [1.54, 1.807) is 6.21 Å². The molecule has 8 heteroatoms. The Bertz CT molecular complexity index is 1150. The van der Waals surface area contributed by atoms with Gasteiger partial charge in [0.1, 0.15) is 12.0 Å². The summed E-state index contributed by atoms with van der Waals surface area (Å²) in [6, 6.07) is 18.6. The van der Waals surface area contributed by atoms with Crippen molar-refractivity contribution in [2.24, 2.45) is 10.9 Å². The van der Waals surface area contributed by atoms with Crippen molar-refractivity contribution in [2.75, 3.05) is 11.5 Å². The SMILES string of the molecule is CC=Nc1c(C(C)Nc2ccccc2)ncn1-c1ccc(C2CCC(CP(=O)(O)O)CC2)cc1. The highest BCUT2D eigenvalue weighted by atomic mass is 31.2. The number of hydrogen-bond acceptors (Lipinski definition) is 4. The van der Waals surface area contributed by atoms with E-state index < -0.39 is 7.60 Å². The van der Waals surface area contributed by atoms with Gasteiger partial charge in [-0.15, -0.1) is 0 Å². The standard InChI is InChI=1S/C26H33N4O3P/c1-3-27-26-25(19(2)29-23-7-5-4-6-8-23)28-18-30(26)24-15-13-22(14-16-24)21-11-9-20(10-12-21)17-34(31,32)33/h3-8,13-16,18-21,29H,9-12,17H2,1-2H3,(H2,31,32,33). The quantitative estimate of drug-likeness (QED) is 0.263. The summed E-state index contributed by atoms with van der Waals surface area (Å²) in [5.41, 5.74) is 4.20. The van der Waals surface area contributed by atoms with E-state index >= 15 is 0 Å². The lowest BCUT2D eigenvalue weighted by Gasteiger charge is -2.29. The Morgan fingerprint density at radius 1 is 1.12 bits per heavy atom. The minimum absolute atomic E-state index is 0.00930. The van der Waals surface area contributed by atoms with Gasteiger partial charge in [0, 0.05) is 17.6 Å². The Morgan fingerprint density at radius 2 is 1.79 bits per heavy atom. The normalized spacial score (nSPS) is 19.9. The van der Waals surface area contributed by atoms with Crippen molar-refractivity contribution in [3.8, 4) is 5.69 Å². The molecule has 0 amide bonds. The van der Waals surface area contributed by atoms with Crippen molar-refractivity contribution < 1.29 is 14.4 Å². The summed E-state index contributed by atoms with van der Waals surface area (Å²) in [5, 5.41) is 3.49. The molecule has 1 aromatic heterocycles. The molecule has 1 aliphatic rings. The van der Waals surface area contributed by atoms with Crippen LogP contribution in [0.1, 0.15) is 62.7 Å². The summed E-state index contributed by atoms with van der Waals surface area (Å²) in [7, 11) is -3.93. The number of nitrogens with one attached hydrogen (secondary N) is 1. The van der Waals surface area contributed by atoms with Crippen LogP contribution in [-0.2, 0) is 4.57 Å². The first-order valence-electron chi connectivity index (χ1n) is 11.9. The van der Waals surface area contributed by atoms with Gasteiger partial charge in [-0.1, -0.05) is 30.3 Å². The van der Waals surface area contributed by atoms with Gasteiger partial charge in [-0.05, 0) is 81.2 Å². The van der Waals surface area contributed by atoms with Gasteiger partial charge in [0.15, 0.2) is 5.82 Å². The van der Waals surface area contributed by atoms with Gasteiger partial charge in [0.25, 0.3) is 0 Å². The summed E-state index contributed by atoms with van der Waals surface area (Å²) in [6.07, 6.45) is 7.29. The van der Waals surface area contributed by atoms with Gasteiger partial charge in [0.2, 0.25) is 0 Å². The molecule has 1 aliphatic carbocycles. The van der Waals surface area contributed by atoms with Gasteiger partial charge in [-0.2, -0.15) is 0 Å². The molecule has 0 aliphatic heterocycles. The van der Waals surface area contributed by atoms with Crippen LogP contribution < -0.4 is 5.32 Å². The van der Waals surface area contributed by atoms with Gasteiger partial charge < -0.3 is 15.1 Å². The summed E-state index contributed by atoms with van der Waals surface area (Å²) in [6.45, 7) is 3.99. The maximum Gasteiger partial charge on any atom is 0.325 e. The number of imidazole rings is 1. The molecule has 1 saturated carbocycles. The molecule has 0 spiro atoms. The maximum absolute atomic E-state index is 11.3. The third kappa shape index (κ3) is 6.03. The van der Waals surface area contributed by atoms with Gasteiger partial charge >= 0.3 is 7.60 Å². The van der Waals surface area contributed by atoms with Gasteiger partial charge in [0.05, 0.1) is 12.2 Å². The molecular formula is C26H33N4O3P. The Hall–Kier alpha value is -2.73. The van der Waals surface area contributed by atoms with Gasteiger partial charge in [-0.3, -0.25) is 9.13 Å². The third-order valence-corrected chi connectivity index (χ3v) is 7.57. The summed E-state index contributed by atoms with van der Waals surface area (Å²) in [4.78, 5) is 27.8. The summed E-state index contributed by atoms with van der Waals surface area (Å²) in [5.74, 6) is 1.37. The Labute approximate surface area is 201 Å². The number of hydrogen-bond donors (Lipinski definition) is 3. The number of nitrogens with zero attached hydrogens (tertiary/aromatic N) is 3. The molecule has 7 nitrogen and oxygen atoms in total. The second kappa shape index (κ2) is 10.7. The third-order valence-electron chi connectivity index (χ3n) is 6.57. The van der Waals surface area contributed by atoms with Crippen LogP contribution in [0.4, 0.5) is 11.5 Å². The lowest BCUT2D eigenvalue weighted by atomic mass is 9.79. The number of aliphatic imine (C=N–C) groups is 1. The molecule has 2 aromatic carbocycles. The zero-order chi connectivity index (χ0) is 24.1. The Balaban J connectivity index is 1.48. The Kier molecular flexibility index (Phi) is 7.67. The summed E-state index contributed by atoms with van der Waals surface area (Å²) >= 11 is 0. The molecule has 1 unspecified atom stereocenters. The van der Waals surface area contributed by atoms with Crippen LogP contribution in [0.2, 0.25) is 0 Å². The number of anilines is 1. The molecule has 34 heavy (non-hydrogen) atoms. The zero-order valence-corrected chi connectivity index (χ0v) is 20.6. The maximum atomic E-state index is 11.3. The number of benzene rings is 2. The minimum Gasteiger partial charge on any atom is -0.377 e. The number of para-hydroxylation sites is 1. The first kappa shape index (κ1) is 24.4. The molecule has 1 atom stereocenters. The fourth-order valence-electron chi connectivity index (χ4n) is 4.88. The van der Waals surface area contributed by atoms with Crippen LogP contribution >= 0.6 is 7.60 Å². The van der Waals surface area contributed by atoms with Crippen LogP contribution in [0, 0.1) is 5.92 Å². The smallest absolute Gasteiger partial charge is 0.325 e. The highest BCUT2D eigenvalue weighted by Gasteiger charge is 2.27. The average Bonchev–Trinajstić information content (AvgIpc) is 3.23. The first-order chi connectivity index (χ1) is 16.3. The largest absolute Gasteiger partial charge is 0.377 e. The molecule has 1 fully saturated rings. The lowest BCUT2D eigenvalue weighted by molar-refractivity contribution is 0.316.